The SMILES string of the molecule is C=CCC1SCC(O)S1. The first kappa shape index (κ1) is 7.51. The predicted molar refractivity (Wildman–Crippen MR) is 44.7 cm³/mol. The van der Waals surface area contributed by atoms with Crippen molar-refractivity contribution in [2.45, 2.75) is 16.4 Å². The number of rotatable bonds is 2. The standard InChI is InChI=1S/C6H10OS2/c1-2-3-6-8-4-5(7)9-6/h2,5-7H,1,3-4H2. The fourth-order valence-electron chi connectivity index (χ4n) is 0.703. The molecule has 0 spiro atoms. The van der Waals surface area contributed by atoms with Crippen molar-refractivity contribution in [3.63, 3.8) is 0 Å². The maximum Gasteiger partial charge on any atom is 0.109 e. The van der Waals surface area contributed by atoms with Crippen LogP contribution in [0.1, 0.15) is 6.42 Å². The number of hydrogen-bond donors (Lipinski definition) is 1. The van der Waals surface area contributed by atoms with E-state index < -0.39 is 0 Å². The molecular formula is C6H10OS2. The van der Waals surface area contributed by atoms with Crippen molar-refractivity contribution in [2.24, 2.45) is 0 Å². The Balaban J connectivity index is 2.21. The maximum atomic E-state index is 9.03. The second-order valence-electron chi connectivity index (χ2n) is 1.88. The Hall–Kier alpha value is 0.400. The van der Waals surface area contributed by atoms with Crippen molar-refractivity contribution in [3.05, 3.63) is 12.7 Å². The van der Waals surface area contributed by atoms with Crippen LogP contribution in [0.3, 0.4) is 0 Å². The molecule has 3 heteroatoms. The smallest absolute Gasteiger partial charge is 0.109 e. The third kappa shape index (κ3) is 2.24. The first-order valence-electron chi connectivity index (χ1n) is 2.89. The molecule has 52 valence electrons. The van der Waals surface area contributed by atoms with Crippen LogP contribution in [-0.4, -0.2) is 20.9 Å². The molecule has 0 aliphatic carbocycles. The summed E-state index contributed by atoms with van der Waals surface area (Å²) in [6, 6.07) is 0. The van der Waals surface area contributed by atoms with E-state index in [0.29, 0.717) is 4.58 Å². The van der Waals surface area contributed by atoms with Crippen LogP contribution in [0.4, 0.5) is 0 Å². The molecule has 0 aromatic heterocycles. The van der Waals surface area contributed by atoms with Gasteiger partial charge in [0.2, 0.25) is 0 Å². The first-order valence-corrected chi connectivity index (χ1v) is 4.88. The zero-order valence-electron chi connectivity index (χ0n) is 5.12. The molecule has 2 atom stereocenters. The third-order valence-electron chi connectivity index (χ3n) is 1.09. The van der Waals surface area contributed by atoms with E-state index in [1.165, 1.54) is 0 Å². The van der Waals surface area contributed by atoms with Gasteiger partial charge in [0.25, 0.3) is 0 Å². The first-order chi connectivity index (χ1) is 4.33. The summed E-state index contributed by atoms with van der Waals surface area (Å²) in [6.45, 7) is 3.64. The van der Waals surface area contributed by atoms with Gasteiger partial charge >= 0.3 is 0 Å². The Morgan fingerprint density at radius 2 is 2.56 bits per heavy atom. The number of hydrogen-bond acceptors (Lipinski definition) is 3. The van der Waals surface area contributed by atoms with E-state index in [1.807, 2.05) is 17.8 Å². The molecule has 0 saturated carbocycles. The number of allylic oxidation sites excluding steroid dienone is 1. The van der Waals surface area contributed by atoms with Crippen molar-refractivity contribution in [1.29, 1.82) is 0 Å². The lowest BCUT2D eigenvalue weighted by Crippen LogP contribution is -1.96. The molecule has 9 heavy (non-hydrogen) atoms. The zero-order valence-corrected chi connectivity index (χ0v) is 6.75. The van der Waals surface area contributed by atoms with Gasteiger partial charge in [-0.25, -0.2) is 0 Å². The van der Waals surface area contributed by atoms with Gasteiger partial charge < -0.3 is 5.11 Å². The highest BCUT2D eigenvalue weighted by molar-refractivity contribution is 8.20. The Morgan fingerprint density at radius 1 is 1.78 bits per heavy atom. The number of aliphatic hydroxyl groups is 1. The molecule has 0 amide bonds. The van der Waals surface area contributed by atoms with E-state index in [9.17, 15) is 0 Å². The average Bonchev–Trinajstić information content (AvgIpc) is 2.17. The summed E-state index contributed by atoms with van der Waals surface area (Å²) in [5, 5.41) is 9.03. The Morgan fingerprint density at radius 3 is 3.00 bits per heavy atom. The molecule has 1 N–H and O–H groups in total. The molecule has 0 aromatic rings. The zero-order chi connectivity index (χ0) is 6.69. The lowest BCUT2D eigenvalue weighted by Gasteiger charge is -2.01. The third-order valence-corrected chi connectivity index (χ3v) is 4.09. The molecule has 2 unspecified atom stereocenters. The highest BCUT2D eigenvalue weighted by Gasteiger charge is 2.22. The monoisotopic (exact) mass is 162 g/mol. The summed E-state index contributed by atoms with van der Waals surface area (Å²) < 4.78 is 0.553. The van der Waals surface area contributed by atoms with Crippen LogP contribution in [0, 0.1) is 0 Å². The molecule has 1 aliphatic heterocycles. The molecule has 1 fully saturated rings. The molecule has 0 radical (unpaired) electrons. The summed E-state index contributed by atoms with van der Waals surface area (Å²) in [5.74, 6) is 0.878. The Labute approximate surface area is 63.9 Å². The van der Waals surface area contributed by atoms with Gasteiger partial charge in [0.15, 0.2) is 0 Å². The van der Waals surface area contributed by atoms with Crippen LogP contribution in [0.2, 0.25) is 0 Å². The normalized spacial score (nSPS) is 34.8. The van der Waals surface area contributed by atoms with Crippen LogP contribution in [0.15, 0.2) is 12.7 Å². The maximum absolute atomic E-state index is 9.03. The van der Waals surface area contributed by atoms with Gasteiger partial charge in [0, 0.05) is 5.75 Å². The van der Waals surface area contributed by atoms with E-state index in [2.05, 4.69) is 6.58 Å². The van der Waals surface area contributed by atoms with E-state index in [-0.39, 0.29) is 5.44 Å². The summed E-state index contributed by atoms with van der Waals surface area (Å²) in [4.78, 5) is 0. The van der Waals surface area contributed by atoms with Gasteiger partial charge in [-0.2, -0.15) is 0 Å². The van der Waals surface area contributed by atoms with Crippen molar-refractivity contribution in [1.82, 2.24) is 0 Å². The largest absolute Gasteiger partial charge is 0.382 e. The molecule has 1 heterocycles. The van der Waals surface area contributed by atoms with Gasteiger partial charge in [0.1, 0.15) is 5.44 Å². The van der Waals surface area contributed by atoms with Crippen LogP contribution in [-0.2, 0) is 0 Å². The van der Waals surface area contributed by atoms with Crippen molar-refractivity contribution in [3.8, 4) is 0 Å². The second-order valence-corrected chi connectivity index (χ2v) is 4.80. The topological polar surface area (TPSA) is 20.2 Å². The highest BCUT2D eigenvalue weighted by atomic mass is 32.2. The summed E-state index contributed by atoms with van der Waals surface area (Å²) >= 11 is 3.45. The minimum atomic E-state index is -0.139. The van der Waals surface area contributed by atoms with E-state index in [1.54, 1.807) is 11.8 Å². The van der Waals surface area contributed by atoms with Crippen molar-refractivity contribution >= 4 is 23.5 Å². The van der Waals surface area contributed by atoms with Gasteiger partial charge in [-0.3, -0.25) is 0 Å². The van der Waals surface area contributed by atoms with Gasteiger partial charge in [-0.1, -0.05) is 6.08 Å². The molecule has 1 aliphatic rings. The molecule has 0 aromatic carbocycles. The molecule has 0 bridgehead atoms. The van der Waals surface area contributed by atoms with Crippen LogP contribution < -0.4 is 0 Å². The Kier molecular flexibility index (Phi) is 2.95. The fraction of sp³-hybridized carbons (Fsp3) is 0.667. The molecule has 1 rings (SSSR count). The minimum absolute atomic E-state index is 0.139. The van der Waals surface area contributed by atoms with E-state index in [4.69, 9.17) is 5.11 Å². The molecule has 1 nitrogen and oxygen atoms in total. The van der Waals surface area contributed by atoms with Crippen molar-refractivity contribution in [2.75, 3.05) is 5.75 Å². The van der Waals surface area contributed by atoms with E-state index >= 15 is 0 Å². The van der Waals surface area contributed by atoms with Crippen LogP contribution in [0.25, 0.3) is 0 Å². The second kappa shape index (κ2) is 3.54. The molecule has 1 saturated heterocycles. The lowest BCUT2D eigenvalue weighted by atomic mass is 10.5. The molecular weight excluding hydrogens is 152 g/mol. The van der Waals surface area contributed by atoms with Crippen LogP contribution in [0.5, 0.6) is 0 Å². The van der Waals surface area contributed by atoms with Gasteiger partial charge in [0.05, 0.1) is 4.58 Å². The summed E-state index contributed by atoms with van der Waals surface area (Å²) in [5.41, 5.74) is -0.139. The quantitative estimate of drug-likeness (QED) is 0.624. The lowest BCUT2D eigenvalue weighted by molar-refractivity contribution is 0.290. The van der Waals surface area contributed by atoms with Gasteiger partial charge in [-0.05, 0) is 6.42 Å². The highest BCUT2D eigenvalue weighted by Crippen LogP contribution is 2.38. The predicted octanol–water partition coefficient (Wildman–Crippen LogP) is 1.69. The summed E-state index contributed by atoms with van der Waals surface area (Å²) in [7, 11) is 0. The van der Waals surface area contributed by atoms with Gasteiger partial charge in [-0.15, -0.1) is 30.1 Å². The minimum Gasteiger partial charge on any atom is -0.382 e. The van der Waals surface area contributed by atoms with E-state index in [0.717, 1.165) is 12.2 Å². The average molecular weight is 162 g/mol. The Bertz CT molecular complexity index is 105. The number of aliphatic hydroxyl groups excluding tert-OH is 1. The summed E-state index contributed by atoms with van der Waals surface area (Å²) in [6.07, 6.45) is 2.91. The van der Waals surface area contributed by atoms with Crippen LogP contribution >= 0.6 is 23.5 Å². The fourth-order valence-corrected chi connectivity index (χ4v) is 3.44. The number of thioether (sulfide) groups is 2. The van der Waals surface area contributed by atoms with Crippen molar-refractivity contribution < 1.29 is 5.11 Å².